The normalized spacial score (nSPS) is 28.8. The molecule has 1 heterocycles. The van der Waals surface area contributed by atoms with Gasteiger partial charge >= 0.3 is 0 Å². The summed E-state index contributed by atoms with van der Waals surface area (Å²) in [5.41, 5.74) is 0. The molecule has 0 aliphatic carbocycles. The van der Waals surface area contributed by atoms with Gasteiger partial charge in [-0.1, -0.05) is 6.92 Å². The van der Waals surface area contributed by atoms with E-state index in [0.29, 0.717) is 18.5 Å². The molecule has 2 unspecified atom stereocenters. The highest BCUT2D eigenvalue weighted by Gasteiger charge is 2.24. The summed E-state index contributed by atoms with van der Waals surface area (Å²) in [6.07, 6.45) is 1.06. The minimum atomic E-state index is 0.105. The van der Waals surface area contributed by atoms with Crippen LogP contribution in [0.3, 0.4) is 0 Å². The predicted octanol–water partition coefficient (Wildman–Crippen LogP) is -0.338. The first-order valence-electron chi connectivity index (χ1n) is 5.26. The number of nitrogens with zero attached hydrogens (tertiary/aromatic N) is 1. The second-order valence-corrected chi connectivity index (χ2v) is 4.23. The van der Waals surface area contributed by atoms with Gasteiger partial charge in [0.05, 0.1) is 6.54 Å². The van der Waals surface area contributed by atoms with E-state index < -0.39 is 0 Å². The van der Waals surface area contributed by atoms with Crippen molar-refractivity contribution in [2.45, 2.75) is 19.4 Å². The Kier molecular flexibility index (Phi) is 4.35. The minimum absolute atomic E-state index is 0.105. The minimum Gasteiger partial charge on any atom is -0.352 e. The van der Waals surface area contributed by atoms with E-state index in [2.05, 4.69) is 29.5 Å². The van der Waals surface area contributed by atoms with Gasteiger partial charge < -0.3 is 15.5 Å². The average molecular weight is 199 g/mol. The summed E-state index contributed by atoms with van der Waals surface area (Å²) < 4.78 is 0. The quantitative estimate of drug-likeness (QED) is 0.654. The topological polar surface area (TPSA) is 44.4 Å². The molecule has 82 valence electrons. The molecule has 1 saturated heterocycles. The van der Waals surface area contributed by atoms with Crippen molar-refractivity contribution in [1.29, 1.82) is 0 Å². The van der Waals surface area contributed by atoms with Crippen molar-refractivity contribution in [1.82, 2.24) is 15.5 Å². The summed E-state index contributed by atoms with van der Waals surface area (Å²) in [5, 5.41) is 5.92. The van der Waals surface area contributed by atoms with Gasteiger partial charge in [-0.15, -0.1) is 0 Å². The standard InChI is InChI=1S/C10H21N3O/c1-8-7-13(3)5-4-9(8)12-10(14)6-11-2/h8-9,11H,4-7H2,1-3H3,(H,12,14). The van der Waals surface area contributed by atoms with E-state index in [1.165, 1.54) is 0 Å². The number of likely N-dealkylation sites (tertiary alicyclic amines) is 1. The second-order valence-electron chi connectivity index (χ2n) is 4.23. The zero-order valence-electron chi connectivity index (χ0n) is 9.34. The molecule has 4 heteroatoms. The van der Waals surface area contributed by atoms with Crippen LogP contribution in [-0.4, -0.2) is 50.6 Å². The van der Waals surface area contributed by atoms with Crippen LogP contribution in [0.4, 0.5) is 0 Å². The van der Waals surface area contributed by atoms with Crippen LogP contribution in [0.2, 0.25) is 0 Å². The van der Waals surface area contributed by atoms with E-state index in [-0.39, 0.29) is 5.91 Å². The molecule has 0 saturated carbocycles. The molecule has 1 amide bonds. The Morgan fingerprint density at radius 2 is 2.29 bits per heavy atom. The first kappa shape index (κ1) is 11.5. The van der Waals surface area contributed by atoms with E-state index in [4.69, 9.17) is 0 Å². The molecule has 0 bridgehead atoms. The maximum absolute atomic E-state index is 11.4. The largest absolute Gasteiger partial charge is 0.352 e. The molecule has 1 aliphatic rings. The van der Waals surface area contributed by atoms with Crippen molar-refractivity contribution in [3.8, 4) is 0 Å². The highest BCUT2D eigenvalue weighted by molar-refractivity contribution is 5.78. The average Bonchev–Trinajstić information content (AvgIpc) is 2.10. The smallest absolute Gasteiger partial charge is 0.234 e. The van der Waals surface area contributed by atoms with Crippen LogP contribution in [0.1, 0.15) is 13.3 Å². The molecular formula is C10H21N3O. The summed E-state index contributed by atoms with van der Waals surface area (Å²) in [4.78, 5) is 13.7. The number of rotatable bonds is 3. The fraction of sp³-hybridized carbons (Fsp3) is 0.900. The van der Waals surface area contributed by atoms with Gasteiger partial charge in [-0.2, -0.15) is 0 Å². The van der Waals surface area contributed by atoms with Crippen molar-refractivity contribution in [3.63, 3.8) is 0 Å². The van der Waals surface area contributed by atoms with Gasteiger partial charge in [0.15, 0.2) is 0 Å². The lowest BCUT2D eigenvalue weighted by atomic mass is 9.94. The Hall–Kier alpha value is -0.610. The number of piperidine rings is 1. The van der Waals surface area contributed by atoms with Crippen LogP contribution >= 0.6 is 0 Å². The molecule has 0 aromatic rings. The Bertz CT molecular complexity index is 196. The molecule has 2 N–H and O–H groups in total. The van der Waals surface area contributed by atoms with Crippen molar-refractivity contribution in [2.24, 2.45) is 5.92 Å². The summed E-state index contributed by atoms with van der Waals surface area (Å²) >= 11 is 0. The monoisotopic (exact) mass is 199 g/mol. The molecule has 0 aromatic carbocycles. The molecule has 0 radical (unpaired) electrons. The molecule has 2 atom stereocenters. The fourth-order valence-corrected chi connectivity index (χ4v) is 1.99. The lowest BCUT2D eigenvalue weighted by Crippen LogP contribution is -2.50. The van der Waals surface area contributed by atoms with Gasteiger partial charge in [0.2, 0.25) is 5.91 Å². The molecule has 14 heavy (non-hydrogen) atoms. The Morgan fingerprint density at radius 1 is 1.57 bits per heavy atom. The second kappa shape index (κ2) is 5.32. The third-order valence-corrected chi connectivity index (χ3v) is 2.79. The summed E-state index contributed by atoms with van der Waals surface area (Å²) in [6.45, 7) is 4.76. The van der Waals surface area contributed by atoms with Gasteiger partial charge in [-0.05, 0) is 33.0 Å². The molecular weight excluding hydrogens is 178 g/mol. The van der Waals surface area contributed by atoms with E-state index in [0.717, 1.165) is 19.5 Å². The molecule has 0 aromatic heterocycles. The van der Waals surface area contributed by atoms with E-state index in [9.17, 15) is 4.79 Å². The van der Waals surface area contributed by atoms with Gasteiger partial charge in [0, 0.05) is 12.6 Å². The third-order valence-electron chi connectivity index (χ3n) is 2.79. The van der Waals surface area contributed by atoms with Crippen LogP contribution in [0.25, 0.3) is 0 Å². The number of hydrogen-bond donors (Lipinski definition) is 2. The number of carbonyl (C=O) groups is 1. The fourth-order valence-electron chi connectivity index (χ4n) is 1.99. The molecule has 4 nitrogen and oxygen atoms in total. The number of carbonyl (C=O) groups excluding carboxylic acids is 1. The molecule has 1 rings (SSSR count). The van der Waals surface area contributed by atoms with E-state index in [1.54, 1.807) is 7.05 Å². The van der Waals surface area contributed by atoms with E-state index >= 15 is 0 Å². The molecule has 0 spiro atoms. The number of hydrogen-bond acceptors (Lipinski definition) is 3. The van der Waals surface area contributed by atoms with Gasteiger partial charge in [0.1, 0.15) is 0 Å². The Morgan fingerprint density at radius 3 is 2.86 bits per heavy atom. The predicted molar refractivity (Wildman–Crippen MR) is 57.1 cm³/mol. The van der Waals surface area contributed by atoms with Crippen LogP contribution in [-0.2, 0) is 4.79 Å². The van der Waals surface area contributed by atoms with Crippen molar-refractivity contribution < 1.29 is 4.79 Å². The Balaban J connectivity index is 2.33. The zero-order chi connectivity index (χ0) is 10.6. The van der Waals surface area contributed by atoms with Crippen molar-refractivity contribution >= 4 is 5.91 Å². The summed E-state index contributed by atoms with van der Waals surface area (Å²) in [6, 6.07) is 0.354. The Labute approximate surface area is 86.0 Å². The first-order valence-corrected chi connectivity index (χ1v) is 5.26. The maximum atomic E-state index is 11.4. The zero-order valence-corrected chi connectivity index (χ0v) is 9.34. The van der Waals surface area contributed by atoms with Gasteiger partial charge in [-0.3, -0.25) is 4.79 Å². The first-order chi connectivity index (χ1) is 6.63. The lowest BCUT2D eigenvalue weighted by molar-refractivity contribution is -0.121. The molecule has 1 fully saturated rings. The van der Waals surface area contributed by atoms with Crippen LogP contribution in [0.5, 0.6) is 0 Å². The van der Waals surface area contributed by atoms with Crippen LogP contribution in [0.15, 0.2) is 0 Å². The maximum Gasteiger partial charge on any atom is 0.234 e. The number of amides is 1. The summed E-state index contributed by atoms with van der Waals surface area (Å²) in [7, 11) is 3.92. The SMILES string of the molecule is CNCC(=O)NC1CCN(C)CC1C. The van der Waals surface area contributed by atoms with Crippen LogP contribution < -0.4 is 10.6 Å². The highest BCUT2D eigenvalue weighted by Crippen LogP contribution is 2.14. The third kappa shape index (κ3) is 3.27. The molecule has 1 aliphatic heterocycles. The van der Waals surface area contributed by atoms with Gasteiger partial charge in [0.25, 0.3) is 0 Å². The van der Waals surface area contributed by atoms with Crippen molar-refractivity contribution in [2.75, 3.05) is 33.7 Å². The van der Waals surface area contributed by atoms with Crippen molar-refractivity contribution in [3.05, 3.63) is 0 Å². The lowest BCUT2D eigenvalue weighted by Gasteiger charge is -2.35. The van der Waals surface area contributed by atoms with Gasteiger partial charge in [-0.25, -0.2) is 0 Å². The summed E-state index contributed by atoms with van der Waals surface area (Å²) in [5.74, 6) is 0.656. The number of nitrogens with one attached hydrogen (secondary N) is 2. The van der Waals surface area contributed by atoms with Crippen LogP contribution in [0, 0.1) is 5.92 Å². The van der Waals surface area contributed by atoms with E-state index in [1.807, 2.05) is 0 Å². The number of likely N-dealkylation sites (N-methyl/N-ethyl adjacent to an activating group) is 1. The highest BCUT2D eigenvalue weighted by atomic mass is 16.1.